The first-order valence-electron chi connectivity index (χ1n) is 10.4. The molecule has 0 radical (unpaired) electrons. The molecule has 5 rings (SSSR count). The Hall–Kier alpha value is -3.62. The highest BCUT2D eigenvalue weighted by Crippen LogP contribution is 2.27. The van der Waals surface area contributed by atoms with E-state index < -0.39 is 5.69 Å². The summed E-state index contributed by atoms with van der Waals surface area (Å²) in [6.07, 6.45) is 3.97. The number of imidazole rings is 1. The summed E-state index contributed by atoms with van der Waals surface area (Å²) in [7, 11) is 3.06. The monoisotopic (exact) mass is 420 g/mol. The number of carbonyl (C=O) groups excluding carboxylic acids is 1. The second-order valence-electron chi connectivity index (χ2n) is 8.24. The number of aromatic nitrogens is 5. The minimum atomic E-state index is -0.408. The van der Waals surface area contributed by atoms with Gasteiger partial charge in [-0.2, -0.15) is 0 Å². The van der Waals surface area contributed by atoms with Crippen LogP contribution in [0, 0.1) is 0 Å². The number of H-pyrrole nitrogens is 2. The number of para-hydroxylation sites is 1. The Morgan fingerprint density at radius 2 is 2.00 bits per heavy atom. The Labute approximate surface area is 177 Å². The maximum absolute atomic E-state index is 13.0. The highest BCUT2D eigenvalue weighted by molar-refractivity contribution is 5.89. The van der Waals surface area contributed by atoms with Gasteiger partial charge >= 0.3 is 5.69 Å². The van der Waals surface area contributed by atoms with Crippen LogP contribution in [0.15, 0.2) is 40.1 Å². The molecule has 1 fully saturated rings. The molecule has 0 bridgehead atoms. The molecule has 160 valence electrons. The minimum absolute atomic E-state index is 0.00660. The number of aryl methyl sites for hydroxylation is 1. The van der Waals surface area contributed by atoms with Crippen LogP contribution < -0.4 is 11.2 Å². The molecule has 9 heteroatoms. The largest absolute Gasteiger partial charge is 0.361 e. The molecule has 1 aliphatic rings. The molecule has 2 N–H and O–H groups in total. The number of nitrogens with one attached hydrogen (secondary N) is 2. The molecule has 1 atom stereocenters. The number of nitrogens with zero attached hydrogens (tertiary/aromatic N) is 4. The van der Waals surface area contributed by atoms with Crippen LogP contribution in [0.3, 0.4) is 0 Å². The van der Waals surface area contributed by atoms with E-state index >= 15 is 0 Å². The van der Waals surface area contributed by atoms with Gasteiger partial charge in [0, 0.05) is 50.2 Å². The zero-order chi connectivity index (χ0) is 21.7. The molecule has 1 amide bonds. The molecular formula is C22H24N6O3. The normalized spacial score (nSPS) is 17.0. The van der Waals surface area contributed by atoms with Crippen molar-refractivity contribution in [2.75, 3.05) is 13.1 Å². The first-order valence-corrected chi connectivity index (χ1v) is 10.4. The smallest absolute Gasteiger partial charge is 0.332 e. The Balaban J connectivity index is 1.40. The number of benzene rings is 1. The quantitative estimate of drug-likeness (QED) is 0.522. The van der Waals surface area contributed by atoms with Crippen molar-refractivity contribution in [3.8, 4) is 0 Å². The lowest BCUT2D eigenvalue weighted by Crippen LogP contribution is -2.40. The number of hydrogen-bond acceptors (Lipinski definition) is 4. The van der Waals surface area contributed by atoms with Crippen LogP contribution in [0.5, 0.6) is 0 Å². The van der Waals surface area contributed by atoms with Gasteiger partial charge in [-0.3, -0.25) is 18.7 Å². The van der Waals surface area contributed by atoms with Crippen molar-refractivity contribution in [2.45, 2.75) is 25.2 Å². The summed E-state index contributed by atoms with van der Waals surface area (Å²) in [5.74, 6) is 0.722. The number of aromatic amines is 2. The number of fused-ring (bicyclic) bond motifs is 2. The summed E-state index contributed by atoms with van der Waals surface area (Å²) in [5, 5.41) is 1.07. The maximum Gasteiger partial charge on any atom is 0.332 e. The summed E-state index contributed by atoms with van der Waals surface area (Å²) in [6.45, 7) is 1.24. The fourth-order valence-corrected chi connectivity index (χ4v) is 4.52. The lowest BCUT2D eigenvalue weighted by Gasteiger charge is -2.32. The molecule has 0 spiro atoms. The first kappa shape index (κ1) is 19.3. The highest BCUT2D eigenvalue weighted by Gasteiger charge is 2.28. The standard InChI is InChI=1S/C22H24N6O3/c1-26-20-18(21(30)27(2)22(26)31)24-19(25-20)13-6-5-9-28(12-13)17(29)10-14-11-23-16-8-4-3-7-15(14)16/h3-4,7-8,11,13,23H,5-6,9-10,12H2,1-2H3,(H,24,25). The fraction of sp³-hybridized carbons (Fsp3) is 0.364. The van der Waals surface area contributed by atoms with Gasteiger partial charge in [0.1, 0.15) is 11.3 Å². The van der Waals surface area contributed by atoms with Gasteiger partial charge in [-0.15, -0.1) is 0 Å². The average Bonchev–Trinajstić information content (AvgIpc) is 3.42. The number of piperidine rings is 1. The minimum Gasteiger partial charge on any atom is -0.361 e. The SMILES string of the molecule is Cn1c(=O)c2[nH]c(C3CCCN(C(=O)Cc4c[nH]c5ccccc45)C3)nc2n(C)c1=O. The van der Waals surface area contributed by atoms with Crippen LogP contribution >= 0.6 is 0 Å². The summed E-state index contributed by atoms with van der Waals surface area (Å²) in [5.41, 5.74) is 1.89. The molecule has 3 aromatic heterocycles. The Morgan fingerprint density at radius 3 is 2.84 bits per heavy atom. The molecule has 1 unspecified atom stereocenters. The van der Waals surface area contributed by atoms with Crippen molar-refractivity contribution in [3.05, 3.63) is 62.7 Å². The lowest BCUT2D eigenvalue weighted by molar-refractivity contribution is -0.131. The maximum atomic E-state index is 13.0. The van der Waals surface area contributed by atoms with E-state index in [-0.39, 0.29) is 17.4 Å². The topological polar surface area (TPSA) is 109 Å². The predicted octanol–water partition coefficient (Wildman–Crippen LogP) is 1.39. The Kier molecular flexibility index (Phi) is 4.53. The molecule has 4 heterocycles. The van der Waals surface area contributed by atoms with Gasteiger partial charge in [0.05, 0.1) is 6.42 Å². The van der Waals surface area contributed by atoms with Crippen LogP contribution in [-0.2, 0) is 25.3 Å². The predicted molar refractivity (Wildman–Crippen MR) is 117 cm³/mol. The third kappa shape index (κ3) is 3.17. The zero-order valence-corrected chi connectivity index (χ0v) is 17.5. The third-order valence-electron chi connectivity index (χ3n) is 6.29. The summed E-state index contributed by atoms with van der Waals surface area (Å²) < 4.78 is 2.45. The van der Waals surface area contributed by atoms with Crippen LogP contribution in [0.2, 0.25) is 0 Å². The van der Waals surface area contributed by atoms with Gasteiger partial charge < -0.3 is 14.9 Å². The first-order chi connectivity index (χ1) is 14.9. The van der Waals surface area contributed by atoms with E-state index in [0.29, 0.717) is 36.5 Å². The summed E-state index contributed by atoms with van der Waals surface area (Å²) in [4.78, 5) is 50.5. The highest BCUT2D eigenvalue weighted by atomic mass is 16.2. The van der Waals surface area contributed by atoms with Crippen molar-refractivity contribution in [2.24, 2.45) is 14.1 Å². The molecule has 1 aromatic carbocycles. The molecule has 1 aliphatic heterocycles. The molecule has 1 saturated heterocycles. The lowest BCUT2D eigenvalue weighted by atomic mass is 9.96. The van der Waals surface area contributed by atoms with Crippen molar-refractivity contribution < 1.29 is 4.79 Å². The van der Waals surface area contributed by atoms with E-state index in [2.05, 4.69) is 15.0 Å². The molecule has 4 aromatic rings. The third-order valence-corrected chi connectivity index (χ3v) is 6.29. The van der Waals surface area contributed by atoms with E-state index in [9.17, 15) is 14.4 Å². The number of amides is 1. The number of carbonyl (C=O) groups is 1. The number of hydrogen-bond donors (Lipinski definition) is 2. The van der Waals surface area contributed by atoms with Crippen molar-refractivity contribution in [1.29, 1.82) is 0 Å². The second kappa shape index (κ2) is 7.26. The summed E-state index contributed by atoms with van der Waals surface area (Å²) in [6, 6.07) is 7.96. The van der Waals surface area contributed by atoms with Crippen LogP contribution in [0.25, 0.3) is 22.1 Å². The van der Waals surface area contributed by atoms with Gasteiger partial charge in [-0.25, -0.2) is 9.78 Å². The van der Waals surface area contributed by atoms with Crippen molar-refractivity contribution in [3.63, 3.8) is 0 Å². The van der Waals surface area contributed by atoms with Gasteiger partial charge in [0.2, 0.25) is 5.91 Å². The number of rotatable bonds is 3. The molecular weight excluding hydrogens is 396 g/mol. The molecule has 0 saturated carbocycles. The second-order valence-corrected chi connectivity index (χ2v) is 8.24. The summed E-state index contributed by atoms with van der Waals surface area (Å²) >= 11 is 0. The van der Waals surface area contributed by atoms with Gasteiger partial charge in [-0.05, 0) is 24.5 Å². The number of likely N-dealkylation sites (tertiary alicyclic amines) is 1. The molecule has 0 aliphatic carbocycles. The van der Waals surface area contributed by atoms with E-state index in [1.165, 1.54) is 11.6 Å². The van der Waals surface area contributed by atoms with Crippen LogP contribution in [-0.4, -0.2) is 48.0 Å². The van der Waals surface area contributed by atoms with E-state index in [1.807, 2.05) is 35.4 Å². The Bertz CT molecular complexity index is 1420. The van der Waals surface area contributed by atoms with Crippen LogP contribution in [0.4, 0.5) is 0 Å². The molecule has 31 heavy (non-hydrogen) atoms. The van der Waals surface area contributed by atoms with Gasteiger partial charge in [0.25, 0.3) is 5.56 Å². The van der Waals surface area contributed by atoms with Crippen LogP contribution in [0.1, 0.15) is 30.1 Å². The van der Waals surface area contributed by atoms with E-state index in [1.54, 1.807) is 7.05 Å². The van der Waals surface area contributed by atoms with Gasteiger partial charge in [-0.1, -0.05) is 18.2 Å². The van der Waals surface area contributed by atoms with Crippen molar-refractivity contribution >= 4 is 28.0 Å². The van der Waals surface area contributed by atoms with Gasteiger partial charge in [0.15, 0.2) is 5.65 Å². The zero-order valence-electron chi connectivity index (χ0n) is 17.5. The fourth-order valence-electron chi connectivity index (χ4n) is 4.52. The molecule has 9 nitrogen and oxygen atoms in total. The average molecular weight is 420 g/mol. The van der Waals surface area contributed by atoms with Crippen molar-refractivity contribution in [1.82, 2.24) is 29.0 Å². The Morgan fingerprint density at radius 1 is 1.19 bits per heavy atom. The van der Waals surface area contributed by atoms with E-state index in [0.717, 1.165) is 33.9 Å². The van der Waals surface area contributed by atoms with E-state index in [4.69, 9.17) is 0 Å².